The largest absolute Gasteiger partial charge is 0.504 e. The minimum Gasteiger partial charge on any atom is -0.444 e. The summed E-state index contributed by atoms with van der Waals surface area (Å²) >= 11 is 0. The van der Waals surface area contributed by atoms with Crippen LogP contribution in [0.4, 0.5) is 29.7 Å². The summed E-state index contributed by atoms with van der Waals surface area (Å²) in [5.74, 6) is -0.149. The normalized spacial score (nSPS) is 12.1. The van der Waals surface area contributed by atoms with Crippen LogP contribution in [0.2, 0.25) is 0 Å². The molecule has 9 nitrogen and oxygen atoms in total. The molecule has 2 rings (SSSR count). The summed E-state index contributed by atoms with van der Waals surface area (Å²) in [7, 11) is 0. The Balaban J connectivity index is 2.12. The Hall–Kier alpha value is -3.05. The molecule has 0 unspecified atom stereocenters. The second-order valence-electron chi connectivity index (χ2n) is 6.96. The topological polar surface area (TPSA) is 134 Å². The Labute approximate surface area is 159 Å². The number of alkyl halides is 3. The number of anilines is 2. The first-order valence-electron chi connectivity index (χ1n) is 8.38. The molecule has 154 valence electrons. The number of nitrogens with two attached hydrogens (primary N) is 2. The van der Waals surface area contributed by atoms with E-state index in [-0.39, 0.29) is 34.1 Å². The molecule has 0 atom stereocenters. The summed E-state index contributed by atoms with van der Waals surface area (Å²) in [6, 6.07) is 0. The van der Waals surface area contributed by atoms with Crippen LogP contribution in [0.5, 0.6) is 0 Å². The maximum atomic E-state index is 12.8. The highest BCUT2D eigenvalue weighted by molar-refractivity contribution is 5.76. The number of amides is 1. The predicted octanol–water partition coefficient (Wildman–Crippen LogP) is 2.44. The number of carbonyl (C=O) groups is 1. The van der Waals surface area contributed by atoms with Gasteiger partial charge in [-0.1, -0.05) is 0 Å². The van der Waals surface area contributed by atoms with Crippen molar-refractivity contribution in [3.63, 3.8) is 0 Å². The molecule has 1 amide bonds. The van der Waals surface area contributed by atoms with Crippen LogP contribution >= 0.6 is 0 Å². The van der Waals surface area contributed by atoms with E-state index in [1.54, 1.807) is 20.8 Å². The van der Waals surface area contributed by atoms with Crippen molar-refractivity contribution in [2.75, 3.05) is 18.0 Å². The van der Waals surface area contributed by atoms with Crippen LogP contribution in [-0.2, 0) is 17.5 Å². The van der Waals surface area contributed by atoms with Crippen molar-refractivity contribution in [2.45, 2.75) is 45.5 Å². The van der Waals surface area contributed by atoms with Gasteiger partial charge in [0.1, 0.15) is 11.4 Å². The average molecular weight is 401 g/mol. The number of nitrogens with one attached hydrogen (secondary N) is 1. The molecule has 0 saturated heterocycles. The number of aromatic nitrogens is 4. The van der Waals surface area contributed by atoms with Crippen LogP contribution < -0.4 is 16.8 Å². The van der Waals surface area contributed by atoms with Gasteiger partial charge in [-0.25, -0.2) is 9.78 Å². The highest BCUT2D eigenvalue weighted by Crippen LogP contribution is 2.31. The van der Waals surface area contributed by atoms with E-state index in [1.807, 2.05) is 0 Å². The molecular weight excluding hydrogens is 379 g/mol. The van der Waals surface area contributed by atoms with E-state index in [2.05, 4.69) is 20.4 Å². The lowest BCUT2D eigenvalue weighted by Gasteiger charge is -2.19. The summed E-state index contributed by atoms with van der Waals surface area (Å²) in [4.78, 5) is 19.5. The minimum atomic E-state index is -4.65. The molecule has 12 heteroatoms. The van der Waals surface area contributed by atoms with Crippen LogP contribution in [-0.4, -0.2) is 38.0 Å². The average Bonchev–Trinajstić information content (AvgIpc) is 2.99. The second kappa shape index (κ2) is 7.90. The van der Waals surface area contributed by atoms with Gasteiger partial charge in [-0.3, -0.25) is 0 Å². The smallest absolute Gasteiger partial charge is 0.444 e. The number of nitrogens with zero attached hydrogens (tertiary/aromatic N) is 4. The number of hydrogen-bond donors (Lipinski definition) is 3. The van der Waals surface area contributed by atoms with Crippen LogP contribution in [0.1, 0.15) is 32.9 Å². The Morgan fingerprint density at radius 2 is 1.93 bits per heavy atom. The van der Waals surface area contributed by atoms with Crippen molar-refractivity contribution in [3.05, 3.63) is 18.1 Å². The molecule has 2 aromatic heterocycles. The van der Waals surface area contributed by atoms with Crippen LogP contribution in [0.25, 0.3) is 11.1 Å². The summed E-state index contributed by atoms with van der Waals surface area (Å²) in [5, 5.41) is 5.89. The van der Waals surface area contributed by atoms with Crippen molar-refractivity contribution in [2.24, 2.45) is 0 Å². The predicted molar refractivity (Wildman–Crippen MR) is 95.9 cm³/mol. The van der Waals surface area contributed by atoms with Gasteiger partial charge in [-0.15, -0.1) is 13.2 Å². The van der Waals surface area contributed by atoms with Crippen LogP contribution in [0.3, 0.4) is 0 Å². The summed E-state index contributed by atoms with van der Waals surface area (Å²) < 4.78 is 43.4. The number of carbonyl (C=O) groups excluding carboxylic acids is 1. The molecule has 0 aliphatic heterocycles. The van der Waals surface area contributed by atoms with E-state index in [0.29, 0.717) is 18.5 Å². The van der Waals surface area contributed by atoms with E-state index < -0.39 is 18.0 Å². The Morgan fingerprint density at radius 1 is 1.25 bits per heavy atom. The molecule has 2 aromatic rings. The number of alkyl carbamates (subject to hydrolysis) is 1. The summed E-state index contributed by atoms with van der Waals surface area (Å²) in [6.45, 7) is 5.49. The third-order valence-corrected chi connectivity index (χ3v) is 3.42. The Kier molecular flexibility index (Phi) is 6.00. The number of nitrogen functional groups attached to an aromatic ring is 2. The molecule has 0 bridgehead atoms. The number of aryl methyl sites for hydroxylation is 1. The van der Waals surface area contributed by atoms with Gasteiger partial charge in [0.2, 0.25) is 5.95 Å². The fourth-order valence-electron chi connectivity index (χ4n) is 2.39. The van der Waals surface area contributed by atoms with Gasteiger partial charge in [0.25, 0.3) is 0 Å². The Bertz CT molecular complexity index is 844. The van der Waals surface area contributed by atoms with E-state index >= 15 is 0 Å². The molecule has 5 N–H and O–H groups in total. The Morgan fingerprint density at radius 3 is 2.50 bits per heavy atom. The lowest BCUT2D eigenvalue weighted by Crippen LogP contribution is -2.33. The SMILES string of the molecule is CC(C)(C)OC(=O)NCCCc1nc(N)nc(N)c1-c1cnn(C(F)(F)F)c1. The maximum Gasteiger partial charge on any atom is 0.504 e. The van der Waals surface area contributed by atoms with E-state index in [1.165, 1.54) is 0 Å². The van der Waals surface area contributed by atoms with E-state index in [9.17, 15) is 18.0 Å². The standard InChI is InChI=1S/C16H22F3N7O2/c1-15(2,3)28-14(27)22-6-4-5-10-11(12(20)25-13(21)24-10)9-7-23-26(8-9)16(17,18)19/h7-8H,4-6H2,1-3H3,(H,22,27)(H4,20,21,24,25). The number of halogens is 3. The van der Waals surface area contributed by atoms with Gasteiger partial charge in [-0.05, 0) is 33.6 Å². The van der Waals surface area contributed by atoms with Gasteiger partial charge in [-0.2, -0.15) is 14.8 Å². The minimum absolute atomic E-state index is 0.0516. The summed E-state index contributed by atoms with van der Waals surface area (Å²) in [6.07, 6.45) is -2.68. The zero-order valence-corrected chi connectivity index (χ0v) is 15.7. The molecule has 0 saturated carbocycles. The molecule has 28 heavy (non-hydrogen) atoms. The summed E-state index contributed by atoms with van der Waals surface area (Å²) in [5.41, 5.74) is 11.5. The van der Waals surface area contributed by atoms with Gasteiger partial charge >= 0.3 is 12.4 Å². The highest BCUT2D eigenvalue weighted by atomic mass is 19.4. The highest BCUT2D eigenvalue weighted by Gasteiger charge is 2.32. The zero-order valence-electron chi connectivity index (χ0n) is 15.7. The first-order chi connectivity index (χ1) is 12.9. The molecular formula is C16H22F3N7O2. The fraction of sp³-hybridized carbons (Fsp3) is 0.500. The van der Waals surface area contributed by atoms with Crippen molar-refractivity contribution < 1.29 is 22.7 Å². The third-order valence-electron chi connectivity index (χ3n) is 3.42. The van der Waals surface area contributed by atoms with Crippen molar-refractivity contribution in [1.82, 2.24) is 25.1 Å². The lowest BCUT2D eigenvalue weighted by molar-refractivity contribution is -0.212. The molecule has 0 aliphatic carbocycles. The molecule has 0 spiro atoms. The van der Waals surface area contributed by atoms with E-state index in [0.717, 1.165) is 12.4 Å². The van der Waals surface area contributed by atoms with E-state index in [4.69, 9.17) is 16.2 Å². The first kappa shape index (κ1) is 21.3. The van der Waals surface area contributed by atoms with Crippen LogP contribution in [0, 0.1) is 0 Å². The monoisotopic (exact) mass is 401 g/mol. The van der Waals surface area contributed by atoms with Crippen molar-refractivity contribution >= 4 is 17.9 Å². The molecule has 2 heterocycles. The van der Waals surface area contributed by atoms with Gasteiger partial charge in [0.05, 0.1) is 11.9 Å². The number of hydrogen-bond acceptors (Lipinski definition) is 7. The lowest BCUT2D eigenvalue weighted by atomic mass is 10.0. The molecule has 0 radical (unpaired) electrons. The van der Waals surface area contributed by atoms with Gasteiger partial charge in [0, 0.05) is 23.9 Å². The van der Waals surface area contributed by atoms with Crippen molar-refractivity contribution in [1.29, 1.82) is 0 Å². The molecule has 0 aliphatic rings. The number of rotatable bonds is 5. The maximum absolute atomic E-state index is 12.8. The molecule has 0 aromatic carbocycles. The van der Waals surface area contributed by atoms with Crippen LogP contribution in [0.15, 0.2) is 12.4 Å². The number of ether oxygens (including phenoxy) is 1. The van der Waals surface area contributed by atoms with Gasteiger partial charge < -0.3 is 21.5 Å². The third kappa shape index (κ3) is 5.72. The fourth-order valence-corrected chi connectivity index (χ4v) is 2.39. The second-order valence-corrected chi connectivity index (χ2v) is 6.96. The molecule has 0 fully saturated rings. The van der Waals surface area contributed by atoms with Crippen molar-refractivity contribution in [3.8, 4) is 11.1 Å². The zero-order chi connectivity index (χ0) is 21.1. The van der Waals surface area contributed by atoms with Gasteiger partial charge in [0.15, 0.2) is 0 Å². The first-order valence-corrected chi connectivity index (χ1v) is 8.38. The quantitative estimate of drug-likeness (QED) is 0.655.